The predicted molar refractivity (Wildman–Crippen MR) is 76.6 cm³/mol. The number of hydrogen-bond donors (Lipinski definition) is 1. The van der Waals surface area contributed by atoms with Gasteiger partial charge >= 0.3 is 0 Å². The summed E-state index contributed by atoms with van der Waals surface area (Å²) in [5, 5.41) is 4.51. The lowest BCUT2D eigenvalue weighted by molar-refractivity contribution is 0.708. The summed E-state index contributed by atoms with van der Waals surface area (Å²) in [6, 6.07) is 3.98. The number of fused-ring (bicyclic) bond motifs is 1. The van der Waals surface area contributed by atoms with Crippen LogP contribution in [0.15, 0.2) is 24.5 Å². The maximum Gasteiger partial charge on any atom is 0.179 e. The van der Waals surface area contributed by atoms with Crippen molar-refractivity contribution in [1.29, 1.82) is 0 Å². The van der Waals surface area contributed by atoms with Gasteiger partial charge < -0.3 is 4.98 Å². The van der Waals surface area contributed by atoms with Crippen LogP contribution in [0.2, 0.25) is 0 Å². The van der Waals surface area contributed by atoms with E-state index in [2.05, 4.69) is 26.6 Å². The number of imidazole rings is 1. The molecule has 0 unspecified atom stereocenters. The topological polar surface area (TPSA) is 51.4 Å². The second kappa shape index (κ2) is 4.62. The van der Waals surface area contributed by atoms with Crippen LogP contribution in [0, 0.1) is 4.77 Å². The Balaban J connectivity index is 2.16. The molecule has 6 heteroatoms. The van der Waals surface area contributed by atoms with E-state index in [1.807, 2.05) is 30.1 Å². The first-order valence-corrected chi connectivity index (χ1v) is 6.64. The Morgan fingerprint density at radius 2 is 2.26 bits per heavy atom. The van der Waals surface area contributed by atoms with Crippen LogP contribution in [0.1, 0.15) is 18.2 Å². The zero-order chi connectivity index (χ0) is 13.4. The van der Waals surface area contributed by atoms with E-state index in [0.29, 0.717) is 6.54 Å². The summed E-state index contributed by atoms with van der Waals surface area (Å²) in [6.45, 7) is 2.80. The highest BCUT2D eigenvalue weighted by molar-refractivity contribution is 7.71. The van der Waals surface area contributed by atoms with Crippen molar-refractivity contribution in [2.75, 3.05) is 0 Å². The summed E-state index contributed by atoms with van der Waals surface area (Å²) in [5.74, 6) is 0. The number of aromatic nitrogens is 5. The lowest BCUT2D eigenvalue weighted by atomic mass is 10.3. The van der Waals surface area contributed by atoms with Gasteiger partial charge in [0.15, 0.2) is 10.4 Å². The van der Waals surface area contributed by atoms with Crippen LogP contribution in [-0.4, -0.2) is 24.3 Å². The summed E-state index contributed by atoms with van der Waals surface area (Å²) >= 11 is 5.42. The van der Waals surface area contributed by atoms with Crippen molar-refractivity contribution in [3.05, 3.63) is 40.6 Å². The number of aryl methyl sites for hydroxylation is 2. The van der Waals surface area contributed by atoms with Crippen molar-refractivity contribution in [3.63, 3.8) is 0 Å². The van der Waals surface area contributed by atoms with Gasteiger partial charge in [0.2, 0.25) is 0 Å². The Morgan fingerprint density at radius 3 is 2.95 bits per heavy atom. The van der Waals surface area contributed by atoms with E-state index in [0.717, 1.165) is 33.6 Å². The molecule has 0 aliphatic carbocycles. The summed E-state index contributed by atoms with van der Waals surface area (Å²) in [7, 11) is 1.95. The van der Waals surface area contributed by atoms with Gasteiger partial charge in [0.1, 0.15) is 5.52 Å². The molecule has 98 valence electrons. The van der Waals surface area contributed by atoms with Gasteiger partial charge in [-0.15, -0.1) is 0 Å². The zero-order valence-electron chi connectivity index (χ0n) is 10.9. The van der Waals surface area contributed by atoms with Crippen molar-refractivity contribution in [2.45, 2.75) is 19.9 Å². The van der Waals surface area contributed by atoms with E-state index in [9.17, 15) is 0 Å². The molecule has 1 N–H and O–H groups in total. The van der Waals surface area contributed by atoms with E-state index < -0.39 is 0 Å². The third kappa shape index (κ3) is 1.98. The maximum absolute atomic E-state index is 5.42. The number of H-pyrrole nitrogens is 1. The first-order valence-electron chi connectivity index (χ1n) is 6.24. The molecule has 19 heavy (non-hydrogen) atoms. The van der Waals surface area contributed by atoms with Crippen LogP contribution in [0.25, 0.3) is 11.2 Å². The molecule has 0 saturated carbocycles. The number of aromatic amines is 1. The van der Waals surface area contributed by atoms with Gasteiger partial charge in [-0.05, 0) is 30.3 Å². The molecule has 0 bridgehead atoms. The summed E-state index contributed by atoms with van der Waals surface area (Å²) < 4.78 is 4.67. The molecule has 0 aromatic carbocycles. The summed E-state index contributed by atoms with van der Waals surface area (Å²) in [4.78, 5) is 7.40. The number of nitrogens with zero attached hydrogens (tertiary/aromatic N) is 4. The maximum atomic E-state index is 5.42. The van der Waals surface area contributed by atoms with Gasteiger partial charge in [0.25, 0.3) is 0 Å². The standard InChI is InChI=1S/C13H15N5S/c1-3-10-11-12(17(2)16-10)18(13(19)15-11)8-9-5-4-6-14-7-9/h4-7H,3,8H2,1-2H3,(H,15,19). The molecular formula is C13H15N5S. The molecule has 3 rings (SSSR count). The predicted octanol–water partition coefficient (Wildman–Crippen LogP) is 2.44. The molecule has 3 heterocycles. The van der Waals surface area contributed by atoms with E-state index in [1.54, 1.807) is 6.20 Å². The van der Waals surface area contributed by atoms with Crippen molar-refractivity contribution in [2.24, 2.45) is 7.05 Å². The Bertz CT molecular complexity index is 766. The lowest BCUT2D eigenvalue weighted by Gasteiger charge is -2.04. The Morgan fingerprint density at radius 1 is 1.42 bits per heavy atom. The minimum Gasteiger partial charge on any atom is -0.328 e. The quantitative estimate of drug-likeness (QED) is 0.746. The average Bonchev–Trinajstić information content (AvgIpc) is 2.90. The van der Waals surface area contributed by atoms with Crippen LogP contribution in [0.5, 0.6) is 0 Å². The Labute approximate surface area is 115 Å². The zero-order valence-corrected chi connectivity index (χ0v) is 11.7. The third-order valence-electron chi connectivity index (χ3n) is 3.22. The van der Waals surface area contributed by atoms with Crippen molar-refractivity contribution in [1.82, 2.24) is 24.3 Å². The fourth-order valence-electron chi connectivity index (χ4n) is 2.35. The number of nitrogens with one attached hydrogen (secondary N) is 1. The monoisotopic (exact) mass is 273 g/mol. The van der Waals surface area contributed by atoms with Gasteiger partial charge in [0, 0.05) is 19.4 Å². The van der Waals surface area contributed by atoms with E-state index in [4.69, 9.17) is 12.2 Å². The normalized spacial score (nSPS) is 11.3. The minimum absolute atomic E-state index is 0.704. The van der Waals surface area contributed by atoms with Gasteiger partial charge in [-0.2, -0.15) is 5.10 Å². The van der Waals surface area contributed by atoms with Gasteiger partial charge in [0.05, 0.1) is 12.2 Å². The van der Waals surface area contributed by atoms with Crippen LogP contribution < -0.4 is 0 Å². The van der Waals surface area contributed by atoms with E-state index in [1.165, 1.54) is 0 Å². The van der Waals surface area contributed by atoms with Gasteiger partial charge in [-0.3, -0.25) is 14.2 Å². The number of hydrogen-bond acceptors (Lipinski definition) is 3. The summed E-state index contributed by atoms with van der Waals surface area (Å²) in [5.41, 5.74) is 4.25. The van der Waals surface area contributed by atoms with Crippen LogP contribution >= 0.6 is 12.2 Å². The molecular weight excluding hydrogens is 258 g/mol. The van der Waals surface area contributed by atoms with Gasteiger partial charge in [-0.1, -0.05) is 13.0 Å². The number of rotatable bonds is 3. The molecule has 3 aromatic rings. The average molecular weight is 273 g/mol. The smallest absolute Gasteiger partial charge is 0.179 e. The second-order valence-electron chi connectivity index (χ2n) is 4.50. The Hall–Kier alpha value is -1.95. The first kappa shape index (κ1) is 12.1. The molecule has 0 spiro atoms. The van der Waals surface area contributed by atoms with E-state index >= 15 is 0 Å². The molecule has 5 nitrogen and oxygen atoms in total. The first-order chi connectivity index (χ1) is 9.20. The molecule has 0 radical (unpaired) electrons. The molecule has 0 aliphatic heterocycles. The minimum atomic E-state index is 0.704. The van der Waals surface area contributed by atoms with Crippen LogP contribution in [0.4, 0.5) is 0 Å². The molecule has 0 fully saturated rings. The van der Waals surface area contributed by atoms with Gasteiger partial charge in [-0.25, -0.2) is 0 Å². The molecule has 0 aliphatic rings. The van der Waals surface area contributed by atoms with Crippen molar-refractivity contribution in [3.8, 4) is 0 Å². The van der Waals surface area contributed by atoms with Crippen LogP contribution in [0.3, 0.4) is 0 Å². The fourth-order valence-corrected chi connectivity index (χ4v) is 2.60. The second-order valence-corrected chi connectivity index (χ2v) is 4.89. The lowest BCUT2D eigenvalue weighted by Crippen LogP contribution is -2.04. The fraction of sp³-hybridized carbons (Fsp3) is 0.308. The highest BCUT2D eigenvalue weighted by Gasteiger charge is 2.14. The molecule has 0 amide bonds. The number of pyridine rings is 1. The molecule has 3 aromatic heterocycles. The van der Waals surface area contributed by atoms with Crippen molar-refractivity contribution >= 4 is 23.4 Å². The highest BCUT2D eigenvalue weighted by Crippen LogP contribution is 2.19. The molecule has 0 atom stereocenters. The Kier molecular flexibility index (Phi) is 2.94. The summed E-state index contributed by atoms with van der Waals surface area (Å²) in [6.07, 6.45) is 4.52. The molecule has 0 saturated heterocycles. The highest BCUT2D eigenvalue weighted by atomic mass is 32.1. The SMILES string of the molecule is CCc1nn(C)c2c1[nH]c(=S)n2Cc1cccnc1. The van der Waals surface area contributed by atoms with E-state index in [-0.39, 0.29) is 0 Å². The van der Waals surface area contributed by atoms with Crippen LogP contribution in [-0.2, 0) is 20.0 Å². The third-order valence-corrected chi connectivity index (χ3v) is 3.54. The van der Waals surface area contributed by atoms with Crippen molar-refractivity contribution < 1.29 is 0 Å². The largest absolute Gasteiger partial charge is 0.328 e.